The van der Waals surface area contributed by atoms with Crippen molar-refractivity contribution >= 4 is 27.7 Å². The SMILES string of the molecule is CNC(CCSC)Cc1ccc(F)cc1Br. The maximum absolute atomic E-state index is 12.9. The summed E-state index contributed by atoms with van der Waals surface area (Å²) in [5, 5.41) is 3.30. The molecule has 0 aliphatic carbocycles. The molecule has 1 nitrogen and oxygen atoms in total. The number of hydrogen-bond donors (Lipinski definition) is 1. The van der Waals surface area contributed by atoms with Crippen molar-refractivity contribution in [3.05, 3.63) is 34.1 Å². The Morgan fingerprint density at radius 1 is 1.50 bits per heavy atom. The third-order valence-electron chi connectivity index (χ3n) is 2.56. The molecule has 16 heavy (non-hydrogen) atoms. The molecule has 90 valence electrons. The lowest BCUT2D eigenvalue weighted by atomic mass is 10.0. The van der Waals surface area contributed by atoms with E-state index in [4.69, 9.17) is 0 Å². The van der Waals surface area contributed by atoms with Crippen LogP contribution in [0.1, 0.15) is 12.0 Å². The summed E-state index contributed by atoms with van der Waals surface area (Å²) in [6, 6.07) is 5.34. The Balaban J connectivity index is 2.62. The zero-order valence-corrected chi connectivity index (χ0v) is 12.0. The Morgan fingerprint density at radius 2 is 2.25 bits per heavy atom. The van der Waals surface area contributed by atoms with Crippen LogP contribution in [0.15, 0.2) is 22.7 Å². The monoisotopic (exact) mass is 305 g/mol. The van der Waals surface area contributed by atoms with Gasteiger partial charge in [-0.1, -0.05) is 22.0 Å². The number of benzene rings is 1. The van der Waals surface area contributed by atoms with E-state index in [1.807, 2.05) is 24.9 Å². The summed E-state index contributed by atoms with van der Waals surface area (Å²) in [6.07, 6.45) is 4.17. The van der Waals surface area contributed by atoms with Crippen LogP contribution in [0.3, 0.4) is 0 Å². The first-order valence-electron chi connectivity index (χ1n) is 5.27. The van der Waals surface area contributed by atoms with Gasteiger partial charge in [0.2, 0.25) is 0 Å². The van der Waals surface area contributed by atoms with Crippen molar-refractivity contribution < 1.29 is 4.39 Å². The van der Waals surface area contributed by atoms with E-state index in [2.05, 4.69) is 27.5 Å². The smallest absolute Gasteiger partial charge is 0.124 e. The Labute approximate surface area is 109 Å². The number of likely N-dealkylation sites (N-methyl/N-ethyl adjacent to an activating group) is 1. The summed E-state index contributed by atoms with van der Waals surface area (Å²) in [7, 11) is 1.97. The Bertz CT molecular complexity index is 333. The highest BCUT2D eigenvalue weighted by Gasteiger charge is 2.09. The molecule has 0 heterocycles. The molecule has 0 amide bonds. The van der Waals surface area contributed by atoms with E-state index in [0.29, 0.717) is 6.04 Å². The van der Waals surface area contributed by atoms with Crippen LogP contribution >= 0.6 is 27.7 Å². The van der Waals surface area contributed by atoms with Gasteiger partial charge < -0.3 is 5.32 Å². The first kappa shape index (κ1) is 14.0. The minimum absolute atomic E-state index is 0.194. The lowest BCUT2D eigenvalue weighted by Gasteiger charge is -2.16. The van der Waals surface area contributed by atoms with Gasteiger partial charge in [0.1, 0.15) is 5.82 Å². The van der Waals surface area contributed by atoms with Crippen molar-refractivity contribution in [3.8, 4) is 0 Å². The molecular weight excluding hydrogens is 289 g/mol. The quantitative estimate of drug-likeness (QED) is 0.863. The molecule has 0 fully saturated rings. The predicted octanol–water partition coefficient (Wildman–Crippen LogP) is 3.47. The molecule has 0 saturated carbocycles. The largest absolute Gasteiger partial charge is 0.317 e. The van der Waals surface area contributed by atoms with Crippen LogP contribution in [0, 0.1) is 5.82 Å². The molecule has 1 unspecified atom stereocenters. The average Bonchev–Trinajstić information content (AvgIpc) is 2.27. The van der Waals surface area contributed by atoms with Crippen molar-refractivity contribution in [2.45, 2.75) is 18.9 Å². The predicted molar refractivity (Wildman–Crippen MR) is 73.7 cm³/mol. The molecule has 4 heteroatoms. The Hall–Kier alpha value is -0.0600. The Kier molecular flexibility index (Phi) is 6.39. The highest BCUT2D eigenvalue weighted by Crippen LogP contribution is 2.20. The molecule has 0 spiro atoms. The van der Waals surface area contributed by atoms with Crippen LogP contribution in [-0.2, 0) is 6.42 Å². The molecule has 0 aliphatic rings. The van der Waals surface area contributed by atoms with Gasteiger partial charge in [0, 0.05) is 10.5 Å². The fourth-order valence-electron chi connectivity index (χ4n) is 1.56. The zero-order valence-electron chi connectivity index (χ0n) is 9.59. The number of halogens is 2. The summed E-state index contributed by atoms with van der Waals surface area (Å²) in [5.41, 5.74) is 1.15. The molecule has 0 radical (unpaired) electrons. The standard InChI is InChI=1S/C12H17BrFNS/c1-15-11(5-6-16-2)7-9-3-4-10(14)8-12(9)13/h3-4,8,11,15H,5-7H2,1-2H3. The van der Waals surface area contributed by atoms with E-state index in [9.17, 15) is 4.39 Å². The molecule has 0 aliphatic heterocycles. The first-order chi connectivity index (χ1) is 7.67. The van der Waals surface area contributed by atoms with Gasteiger partial charge in [-0.3, -0.25) is 0 Å². The van der Waals surface area contributed by atoms with Gasteiger partial charge in [0.25, 0.3) is 0 Å². The summed E-state index contributed by atoms with van der Waals surface area (Å²) in [5.74, 6) is 0.949. The van der Waals surface area contributed by atoms with Gasteiger partial charge in [-0.25, -0.2) is 4.39 Å². The molecule has 1 aromatic carbocycles. The fraction of sp³-hybridized carbons (Fsp3) is 0.500. The van der Waals surface area contributed by atoms with E-state index in [0.717, 1.165) is 28.6 Å². The second-order valence-corrected chi connectivity index (χ2v) is 5.55. The van der Waals surface area contributed by atoms with Gasteiger partial charge in [-0.05, 0) is 49.6 Å². The maximum Gasteiger partial charge on any atom is 0.124 e. The number of thioether (sulfide) groups is 1. The second-order valence-electron chi connectivity index (χ2n) is 3.71. The molecule has 0 saturated heterocycles. The van der Waals surface area contributed by atoms with Crippen molar-refractivity contribution in [2.24, 2.45) is 0 Å². The van der Waals surface area contributed by atoms with Crippen molar-refractivity contribution in [2.75, 3.05) is 19.1 Å². The van der Waals surface area contributed by atoms with Crippen LogP contribution in [0.4, 0.5) is 4.39 Å². The van der Waals surface area contributed by atoms with Gasteiger partial charge in [0.15, 0.2) is 0 Å². The molecular formula is C12H17BrFNS. The van der Waals surface area contributed by atoms with Crippen LogP contribution < -0.4 is 5.32 Å². The highest BCUT2D eigenvalue weighted by atomic mass is 79.9. The minimum atomic E-state index is -0.194. The van der Waals surface area contributed by atoms with E-state index < -0.39 is 0 Å². The third kappa shape index (κ3) is 4.44. The van der Waals surface area contributed by atoms with E-state index in [-0.39, 0.29) is 5.82 Å². The Morgan fingerprint density at radius 3 is 2.81 bits per heavy atom. The van der Waals surface area contributed by atoms with Gasteiger partial charge in [-0.2, -0.15) is 11.8 Å². The summed E-state index contributed by atoms with van der Waals surface area (Å²) in [6.45, 7) is 0. The fourth-order valence-corrected chi connectivity index (χ4v) is 2.59. The molecule has 0 bridgehead atoms. The molecule has 1 aromatic rings. The zero-order chi connectivity index (χ0) is 12.0. The van der Waals surface area contributed by atoms with Crippen LogP contribution in [0.2, 0.25) is 0 Å². The van der Waals surface area contributed by atoms with E-state index in [1.54, 1.807) is 0 Å². The number of hydrogen-bond acceptors (Lipinski definition) is 2. The van der Waals surface area contributed by atoms with Crippen molar-refractivity contribution in [1.82, 2.24) is 5.32 Å². The normalized spacial score (nSPS) is 12.8. The summed E-state index contributed by atoms with van der Waals surface area (Å²) >= 11 is 5.25. The van der Waals surface area contributed by atoms with Gasteiger partial charge in [0.05, 0.1) is 0 Å². The first-order valence-corrected chi connectivity index (χ1v) is 7.46. The van der Waals surface area contributed by atoms with Gasteiger partial charge in [-0.15, -0.1) is 0 Å². The van der Waals surface area contributed by atoms with Crippen molar-refractivity contribution in [1.29, 1.82) is 0 Å². The molecule has 1 N–H and O–H groups in total. The van der Waals surface area contributed by atoms with Crippen LogP contribution in [-0.4, -0.2) is 25.1 Å². The lowest BCUT2D eigenvalue weighted by Crippen LogP contribution is -2.28. The second kappa shape index (κ2) is 7.30. The van der Waals surface area contributed by atoms with Crippen LogP contribution in [0.5, 0.6) is 0 Å². The van der Waals surface area contributed by atoms with Crippen LogP contribution in [0.25, 0.3) is 0 Å². The summed E-state index contributed by atoms with van der Waals surface area (Å²) in [4.78, 5) is 0. The molecule has 1 atom stereocenters. The topological polar surface area (TPSA) is 12.0 Å². The molecule has 1 rings (SSSR count). The number of rotatable bonds is 6. The maximum atomic E-state index is 12.9. The van der Waals surface area contributed by atoms with E-state index in [1.165, 1.54) is 12.1 Å². The summed E-state index contributed by atoms with van der Waals surface area (Å²) < 4.78 is 13.8. The third-order valence-corrected chi connectivity index (χ3v) is 3.94. The van der Waals surface area contributed by atoms with Crippen molar-refractivity contribution in [3.63, 3.8) is 0 Å². The minimum Gasteiger partial charge on any atom is -0.317 e. The average molecular weight is 306 g/mol. The van der Waals surface area contributed by atoms with Gasteiger partial charge >= 0.3 is 0 Å². The highest BCUT2D eigenvalue weighted by molar-refractivity contribution is 9.10. The number of nitrogens with one attached hydrogen (secondary N) is 1. The lowest BCUT2D eigenvalue weighted by molar-refractivity contribution is 0.545. The molecule has 0 aromatic heterocycles. The van der Waals surface area contributed by atoms with E-state index >= 15 is 0 Å².